The molecule has 0 aliphatic heterocycles. The van der Waals surface area contributed by atoms with Gasteiger partial charge in [0.2, 0.25) is 5.82 Å². The molecule has 0 saturated heterocycles. The quantitative estimate of drug-likeness (QED) is 0.563. The Morgan fingerprint density at radius 2 is 2.00 bits per heavy atom. The first kappa shape index (κ1) is 14.0. The van der Waals surface area contributed by atoms with Gasteiger partial charge in [0.15, 0.2) is 0 Å². The van der Waals surface area contributed by atoms with E-state index in [1.807, 2.05) is 9.78 Å². The number of fused-ring (bicyclic) bond motifs is 1. The van der Waals surface area contributed by atoms with Crippen LogP contribution in [0.5, 0.6) is 0 Å². The molecule has 0 amide bonds. The lowest BCUT2D eigenvalue weighted by atomic mass is 10.1. The molecule has 0 unspecified atom stereocenters. The summed E-state index contributed by atoms with van der Waals surface area (Å²) in [5.74, 6) is -2.16. The Kier molecular flexibility index (Phi) is 3.02. The summed E-state index contributed by atoms with van der Waals surface area (Å²) < 4.78 is 33.6. The minimum absolute atomic E-state index is 0.0528. The Bertz CT molecular complexity index is 965. The van der Waals surface area contributed by atoms with E-state index in [9.17, 15) is 8.78 Å². The second kappa shape index (κ2) is 4.95. The standard InChI is InChI=1S/C15H10F2N4OS/c1-15(16,17)10-4-2-9(3-5-10)13-19-14(22-20-13)11-7-23-12-6-18-8-21(11)12/h2-8H,1H3. The molecule has 0 bridgehead atoms. The van der Waals surface area contributed by atoms with Crippen molar-refractivity contribution in [2.24, 2.45) is 0 Å². The normalized spacial score (nSPS) is 12.1. The molecule has 4 aromatic rings. The van der Waals surface area contributed by atoms with Crippen LogP contribution in [0.3, 0.4) is 0 Å². The monoisotopic (exact) mass is 332 g/mol. The van der Waals surface area contributed by atoms with Crippen LogP contribution < -0.4 is 0 Å². The van der Waals surface area contributed by atoms with Crippen LogP contribution in [0.4, 0.5) is 8.78 Å². The molecule has 0 aliphatic rings. The largest absolute Gasteiger partial charge is 0.332 e. The molecule has 5 nitrogen and oxygen atoms in total. The highest BCUT2D eigenvalue weighted by Gasteiger charge is 2.24. The van der Waals surface area contributed by atoms with Crippen LogP contribution in [0.15, 0.2) is 46.7 Å². The lowest BCUT2D eigenvalue weighted by Gasteiger charge is -2.09. The Hall–Kier alpha value is -2.61. The number of hydrogen-bond acceptors (Lipinski definition) is 5. The van der Waals surface area contributed by atoms with Crippen molar-refractivity contribution in [1.29, 1.82) is 0 Å². The van der Waals surface area contributed by atoms with Gasteiger partial charge in [-0.2, -0.15) is 4.98 Å². The maximum Gasteiger partial charge on any atom is 0.276 e. The Labute approximate surface area is 133 Å². The predicted octanol–water partition coefficient (Wildman–Crippen LogP) is 4.22. The summed E-state index contributed by atoms with van der Waals surface area (Å²) in [6.07, 6.45) is 3.41. The van der Waals surface area contributed by atoms with Crippen molar-refractivity contribution in [2.75, 3.05) is 0 Å². The zero-order chi connectivity index (χ0) is 16.0. The summed E-state index contributed by atoms with van der Waals surface area (Å²) in [6.45, 7) is 0.863. The highest BCUT2D eigenvalue weighted by molar-refractivity contribution is 7.15. The van der Waals surface area contributed by atoms with Gasteiger partial charge >= 0.3 is 0 Å². The van der Waals surface area contributed by atoms with Crippen LogP contribution in [0.25, 0.3) is 27.8 Å². The minimum Gasteiger partial charge on any atom is -0.332 e. The summed E-state index contributed by atoms with van der Waals surface area (Å²) in [6, 6.07) is 5.84. The van der Waals surface area contributed by atoms with Gasteiger partial charge in [-0.3, -0.25) is 4.40 Å². The van der Waals surface area contributed by atoms with Gasteiger partial charge in [0.1, 0.15) is 16.9 Å². The molecule has 3 heterocycles. The molecule has 0 fully saturated rings. The zero-order valence-electron chi connectivity index (χ0n) is 11.9. The lowest BCUT2D eigenvalue weighted by molar-refractivity contribution is 0.0175. The van der Waals surface area contributed by atoms with Gasteiger partial charge in [-0.1, -0.05) is 29.4 Å². The number of nitrogens with zero attached hydrogens (tertiary/aromatic N) is 4. The average molecular weight is 332 g/mol. The molecule has 0 atom stereocenters. The molecular weight excluding hydrogens is 322 g/mol. The fourth-order valence-corrected chi connectivity index (χ4v) is 3.06. The number of imidazole rings is 1. The fourth-order valence-electron chi connectivity index (χ4n) is 2.23. The highest BCUT2D eigenvalue weighted by atomic mass is 32.1. The first-order valence-electron chi connectivity index (χ1n) is 6.75. The van der Waals surface area contributed by atoms with Gasteiger partial charge in [0, 0.05) is 23.4 Å². The number of aromatic nitrogens is 4. The third-order valence-electron chi connectivity index (χ3n) is 3.45. The summed E-state index contributed by atoms with van der Waals surface area (Å²) in [4.78, 5) is 9.36. The maximum absolute atomic E-state index is 13.2. The Morgan fingerprint density at radius 3 is 2.74 bits per heavy atom. The summed E-state index contributed by atoms with van der Waals surface area (Å²) in [7, 11) is 0. The number of alkyl halides is 2. The lowest BCUT2D eigenvalue weighted by Crippen LogP contribution is -2.06. The number of benzene rings is 1. The van der Waals surface area contributed by atoms with E-state index >= 15 is 0 Å². The molecule has 8 heteroatoms. The Morgan fingerprint density at radius 1 is 1.22 bits per heavy atom. The molecule has 0 radical (unpaired) electrons. The number of rotatable bonds is 3. The van der Waals surface area contributed by atoms with Gasteiger partial charge in [0.05, 0.1) is 6.20 Å². The molecule has 116 valence electrons. The van der Waals surface area contributed by atoms with Crippen LogP contribution in [0.1, 0.15) is 12.5 Å². The smallest absolute Gasteiger partial charge is 0.276 e. The van der Waals surface area contributed by atoms with Crippen LogP contribution in [-0.2, 0) is 5.92 Å². The minimum atomic E-state index is -2.87. The van der Waals surface area contributed by atoms with E-state index in [2.05, 4.69) is 15.1 Å². The van der Waals surface area contributed by atoms with Crippen molar-refractivity contribution in [3.8, 4) is 23.0 Å². The van der Waals surface area contributed by atoms with E-state index in [4.69, 9.17) is 4.52 Å². The van der Waals surface area contributed by atoms with Crippen LogP contribution >= 0.6 is 11.3 Å². The molecule has 23 heavy (non-hydrogen) atoms. The van der Waals surface area contributed by atoms with Crippen LogP contribution in [0.2, 0.25) is 0 Å². The van der Waals surface area contributed by atoms with Gasteiger partial charge in [-0.15, -0.1) is 11.3 Å². The third-order valence-corrected chi connectivity index (χ3v) is 4.34. The van der Waals surface area contributed by atoms with Crippen molar-refractivity contribution in [1.82, 2.24) is 19.5 Å². The average Bonchev–Trinajstić information content (AvgIpc) is 3.22. The summed E-state index contributed by atoms with van der Waals surface area (Å²) in [5, 5.41) is 5.82. The SMILES string of the molecule is CC(F)(F)c1ccc(-c2noc(-c3csc4cncn34)n2)cc1. The van der Waals surface area contributed by atoms with E-state index in [1.165, 1.54) is 23.5 Å². The number of thiazole rings is 1. The zero-order valence-corrected chi connectivity index (χ0v) is 12.7. The van der Waals surface area contributed by atoms with Crippen molar-refractivity contribution in [2.45, 2.75) is 12.8 Å². The van der Waals surface area contributed by atoms with Gasteiger partial charge < -0.3 is 4.52 Å². The molecule has 0 spiro atoms. The molecule has 1 aromatic carbocycles. The highest BCUT2D eigenvalue weighted by Crippen LogP contribution is 2.30. The fraction of sp³-hybridized carbons (Fsp3) is 0.133. The summed E-state index contributed by atoms with van der Waals surface area (Å²) >= 11 is 1.51. The van der Waals surface area contributed by atoms with E-state index in [1.54, 1.807) is 24.7 Å². The summed E-state index contributed by atoms with van der Waals surface area (Å²) in [5.41, 5.74) is 1.31. The number of hydrogen-bond donors (Lipinski definition) is 0. The van der Waals surface area contributed by atoms with Crippen LogP contribution in [-0.4, -0.2) is 19.5 Å². The topological polar surface area (TPSA) is 56.2 Å². The molecule has 4 rings (SSSR count). The van der Waals surface area contributed by atoms with E-state index in [0.29, 0.717) is 17.3 Å². The molecule has 3 aromatic heterocycles. The Balaban J connectivity index is 1.69. The van der Waals surface area contributed by atoms with Crippen molar-refractivity contribution < 1.29 is 13.3 Å². The molecular formula is C15H10F2N4OS. The second-order valence-electron chi connectivity index (χ2n) is 5.11. The van der Waals surface area contributed by atoms with E-state index in [0.717, 1.165) is 17.4 Å². The molecule has 0 aliphatic carbocycles. The molecule has 0 N–H and O–H groups in total. The van der Waals surface area contributed by atoms with Crippen molar-refractivity contribution >= 4 is 16.2 Å². The van der Waals surface area contributed by atoms with Gasteiger partial charge in [0.25, 0.3) is 11.8 Å². The van der Waals surface area contributed by atoms with E-state index in [-0.39, 0.29) is 5.56 Å². The predicted molar refractivity (Wildman–Crippen MR) is 81.4 cm³/mol. The molecule has 0 saturated carbocycles. The van der Waals surface area contributed by atoms with Crippen molar-refractivity contribution in [3.05, 3.63) is 47.7 Å². The van der Waals surface area contributed by atoms with Gasteiger partial charge in [-0.25, -0.2) is 13.8 Å². The first-order chi connectivity index (χ1) is 11.0. The first-order valence-corrected chi connectivity index (χ1v) is 7.63. The van der Waals surface area contributed by atoms with Gasteiger partial charge in [-0.05, 0) is 0 Å². The third kappa shape index (κ3) is 2.40. The number of halogens is 2. The second-order valence-corrected chi connectivity index (χ2v) is 6.00. The maximum atomic E-state index is 13.2. The van der Waals surface area contributed by atoms with E-state index < -0.39 is 5.92 Å². The van der Waals surface area contributed by atoms with Crippen molar-refractivity contribution in [3.63, 3.8) is 0 Å². The van der Waals surface area contributed by atoms with Crippen LogP contribution in [0, 0.1) is 0 Å².